The summed E-state index contributed by atoms with van der Waals surface area (Å²) in [5, 5.41) is 5.92. The molecule has 96 valence electrons. The van der Waals surface area contributed by atoms with Crippen molar-refractivity contribution in [1.29, 1.82) is 0 Å². The molecule has 1 unspecified atom stereocenters. The number of para-hydroxylation sites is 1. The van der Waals surface area contributed by atoms with Gasteiger partial charge >= 0.3 is 0 Å². The Morgan fingerprint density at radius 1 is 1.44 bits per heavy atom. The molecule has 1 fully saturated rings. The van der Waals surface area contributed by atoms with Crippen LogP contribution in [0.4, 0.5) is 5.69 Å². The third-order valence-electron chi connectivity index (χ3n) is 2.54. The van der Waals surface area contributed by atoms with E-state index >= 15 is 0 Å². The fourth-order valence-corrected chi connectivity index (χ4v) is 2.75. The highest BCUT2D eigenvalue weighted by atomic mass is 35.5. The molecule has 0 radical (unpaired) electrons. The lowest BCUT2D eigenvalue weighted by Gasteiger charge is -2.15. The average Bonchev–Trinajstić information content (AvgIpc) is 2.57. The second-order valence-electron chi connectivity index (χ2n) is 3.91. The van der Waals surface area contributed by atoms with Gasteiger partial charge in [-0.2, -0.15) is 11.8 Å². The third-order valence-corrected chi connectivity index (χ3v) is 3.93. The first-order valence-corrected chi connectivity index (χ1v) is 7.12. The molecular weight excluding hydrogens is 272 g/mol. The fourth-order valence-electron chi connectivity index (χ4n) is 1.60. The van der Waals surface area contributed by atoms with Crippen LogP contribution in [-0.4, -0.2) is 29.4 Å². The number of halogens is 1. The van der Waals surface area contributed by atoms with Crippen molar-refractivity contribution in [2.24, 2.45) is 0 Å². The SMILES string of the molecule is O=C1CCSCC(C(=O)Nc2ccccc2Cl)N1. The van der Waals surface area contributed by atoms with E-state index in [9.17, 15) is 9.59 Å². The van der Waals surface area contributed by atoms with Gasteiger partial charge in [-0.3, -0.25) is 9.59 Å². The lowest BCUT2D eigenvalue weighted by Crippen LogP contribution is -2.44. The van der Waals surface area contributed by atoms with Crippen molar-refractivity contribution in [3.63, 3.8) is 0 Å². The van der Waals surface area contributed by atoms with Crippen LogP contribution in [0.5, 0.6) is 0 Å². The number of carbonyl (C=O) groups excluding carboxylic acids is 2. The number of benzene rings is 1. The number of hydrogen-bond acceptors (Lipinski definition) is 3. The highest BCUT2D eigenvalue weighted by Crippen LogP contribution is 2.21. The fraction of sp³-hybridized carbons (Fsp3) is 0.333. The van der Waals surface area contributed by atoms with E-state index in [1.165, 1.54) is 0 Å². The van der Waals surface area contributed by atoms with E-state index < -0.39 is 6.04 Å². The molecule has 1 saturated heterocycles. The molecule has 4 nitrogen and oxygen atoms in total. The van der Waals surface area contributed by atoms with Crippen molar-refractivity contribution in [2.45, 2.75) is 12.5 Å². The number of rotatable bonds is 2. The van der Waals surface area contributed by atoms with Crippen molar-refractivity contribution < 1.29 is 9.59 Å². The van der Waals surface area contributed by atoms with E-state index in [0.29, 0.717) is 22.9 Å². The van der Waals surface area contributed by atoms with E-state index in [0.717, 1.165) is 5.75 Å². The van der Waals surface area contributed by atoms with Gasteiger partial charge in [-0.05, 0) is 12.1 Å². The molecule has 6 heteroatoms. The Morgan fingerprint density at radius 2 is 2.22 bits per heavy atom. The van der Waals surface area contributed by atoms with Crippen molar-refractivity contribution >= 4 is 40.9 Å². The molecule has 2 N–H and O–H groups in total. The van der Waals surface area contributed by atoms with Gasteiger partial charge in [-0.15, -0.1) is 0 Å². The molecule has 0 spiro atoms. The Bertz CT molecular complexity index is 467. The van der Waals surface area contributed by atoms with E-state index in [4.69, 9.17) is 11.6 Å². The number of hydrogen-bond donors (Lipinski definition) is 2. The van der Waals surface area contributed by atoms with E-state index in [2.05, 4.69) is 10.6 Å². The molecule has 2 amide bonds. The van der Waals surface area contributed by atoms with Crippen molar-refractivity contribution in [3.05, 3.63) is 29.3 Å². The van der Waals surface area contributed by atoms with Crippen LogP contribution in [0.1, 0.15) is 6.42 Å². The van der Waals surface area contributed by atoms with Crippen molar-refractivity contribution in [1.82, 2.24) is 5.32 Å². The zero-order chi connectivity index (χ0) is 13.0. The van der Waals surface area contributed by atoms with E-state index in [1.54, 1.807) is 36.0 Å². The first kappa shape index (κ1) is 13.2. The molecule has 18 heavy (non-hydrogen) atoms. The number of carbonyl (C=O) groups is 2. The molecule has 0 aliphatic carbocycles. The molecule has 1 aromatic rings. The molecule has 1 aromatic carbocycles. The topological polar surface area (TPSA) is 58.2 Å². The number of amides is 2. The van der Waals surface area contributed by atoms with Crippen LogP contribution in [0.3, 0.4) is 0 Å². The summed E-state index contributed by atoms with van der Waals surface area (Å²) in [6.07, 6.45) is 0.459. The summed E-state index contributed by atoms with van der Waals surface area (Å²) in [5.74, 6) is 1.02. The monoisotopic (exact) mass is 284 g/mol. The van der Waals surface area contributed by atoms with Crippen LogP contribution in [0.2, 0.25) is 5.02 Å². The van der Waals surface area contributed by atoms with Crippen LogP contribution in [0.15, 0.2) is 24.3 Å². The van der Waals surface area contributed by atoms with E-state index in [1.807, 2.05) is 0 Å². The number of thioether (sulfide) groups is 1. The summed E-state index contributed by atoms with van der Waals surface area (Å²) in [5.41, 5.74) is 0.563. The summed E-state index contributed by atoms with van der Waals surface area (Å²) in [6.45, 7) is 0. The van der Waals surface area contributed by atoms with Crippen molar-refractivity contribution in [2.75, 3.05) is 16.8 Å². The van der Waals surface area contributed by atoms with Crippen LogP contribution in [0, 0.1) is 0 Å². The van der Waals surface area contributed by atoms with Crippen molar-refractivity contribution in [3.8, 4) is 0 Å². The largest absolute Gasteiger partial charge is 0.343 e. The van der Waals surface area contributed by atoms with Crippen LogP contribution in [0.25, 0.3) is 0 Å². The summed E-state index contributed by atoms with van der Waals surface area (Å²) in [6, 6.07) is 6.52. The Hall–Kier alpha value is -1.20. The summed E-state index contributed by atoms with van der Waals surface area (Å²) >= 11 is 7.55. The lowest BCUT2D eigenvalue weighted by molar-refractivity contribution is -0.125. The minimum Gasteiger partial charge on any atom is -0.343 e. The molecular formula is C12H13ClN2O2S. The standard InChI is InChI=1S/C12H13ClN2O2S/c13-8-3-1-2-4-9(8)15-12(17)10-7-18-6-5-11(16)14-10/h1-4,10H,5-7H2,(H,14,16)(H,15,17). The first-order chi connectivity index (χ1) is 8.66. The quantitative estimate of drug-likeness (QED) is 0.872. The van der Waals surface area contributed by atoms with Gasteiger partial charge in [0.2, 0.25) is 11.8 Å². The predicted molar refractivity (Wildman–Crippen MR) is 74.0 cm³/mol. The van der Waals surface area contributed by atoms with E-state index in [-0.39, 0.29) is 11.8 Å². The Morgan fingerprint density at radius 3 is 3.00 bits per heavy atom. The van der Waals surface area contributed by atoms with Gasteiger partial charge < -0.3 is 10.6 Å². The smallest absolute Gasteiger partial charge is 0.247 e. The number of anilines is 1. The second-order valence-corrected chi connectivity index (χ2v) is 5.47. The molecule has 0 saturated carbocycles. The second kappa shape index (κ2) is 6.11. The zero-order valence-corrected chi connectivity index (χ0v) is 11.2. The maximum absolute atomic E-state index is 12.0. The van der Waals surface area contributed by atoms with Gasteiger partial charge in [0.25, 0.3) is 0 Å². The average molecular weight is 285 g/mol. The minimum atomic E-state index is -0.499. The van der Waals surface area contributed by atoms with Gasteiger partial charge in [-0.1, -0.05) is 23.7 Å². The maximum Gasteiger partial charge on any atom is 0.247 e. The Kier molecular flexibility index (Phi) is 4.49. The van der Waals surface area contributed by atoms with Gasteiger partial charge in [0.15, 0.2) is 0 Å². The van der Waals surface area contributed by atoms with Gasteiger partial charge in [0, 0.05) is 17.9 Å². The van der Waals surface area contributed by atoms with Crippen LogP contribution >= 0.6 is 23.4 Å². The van der Waals surface area contributed by atoms with Crippen LogP contribution in [-0.2, 0) is 9.59 Å². The molecule has 1 heterocycles. The maximum atomic E-state index is 12.0. The lowest BCUT2D eigenvalue weighted by atomic mass is 10.2. The molecule has 1 aliphatic rings. The first-order valence-electron chi connectivity index (χ1n) is 5.59. The minimum absolute atomic E-state index is 0.0840. The van der Waals surface area contributed by atoms with Gasteiger partial charge in [0.1, 0.15) is 6.04 Å². The highest BCUT2D eigenvalue weighted by Gasteiger charge is 2.23. The Labute approximate surface area is 114 Å². The van der Waals surface area contributed by atoms with Crippen LogP contribution < -0.4 is 10.6 Å². The molecule has 0 bridgehead atoms. The molecule has 2 rings (SSSR count). The highest BCUT2D eigenvalue weighted by molar-refractivity contribution is 7.99. The Balaban J connectivity index is 2.03. The van der Waals surface area contributed by atoms with Gasteiger partial charge in [-0.25, -0.2) is 0 Å². The molecule has 0 aromatic heterocycles. The van der Waals surface area contributed by atoms with Gasteiger partial charge in [0.05, 0.1) is 10.7 Å². The summed E-state index contributed by atoms with van der Waals surface area (Å²) in [4.78, 5) is 23.4. The normalized spacial score (nSPS) is 19.8. The summed E-state index contributed by atoms with van der Waals surface area (Å²) in [7, 11) is 0. The molecule has 1 atom stereocenters. The zero-order valence-electron chi connectivity index (χ0n) is 9.61. The summed E-state index contributed by atoms with van der Waals surface area (Å²) < 4.78 is 0. The molecule has 1 aliphatic heterocycles. The number of nitrogens with one attached hydrogen (secondary N) is 2. The third kappa shape index (κ3) is 3.40. The predicted octanol–water partition coefficient (Wildman–Crippen LogP) is 1.90.